The van der Waals surface area contributed by atoms with Gasteiger partial charge in [-0.05, 0) is 13.8 Å². The van der Waals surface area contributed by atoms with E-state index in [1.807, 2.05) is 19.2 Å². The summed E-state index contributed by atoms with van der Waals surface area (Å²) in [6, 6.07) is 0.190. The molecular weight excluding hydrogens is 160 g/mol. The minimum Gasteiger partial charge on any atom is -0.301 e. The Balaban J connectivity index is 2.36. The molecule has 0 saturated carbocycles. The highest BCUT2D eigenvalue weighted by Gasteiger charge is 2.05. The van der Waals surface area contributed by atoms with Crippen molar-refractivity contribution in [2.75, 3.05) is 6.61 Å². The Morgan fingerprint density at radius 3 is 3.18 bits per heavy atom. The van der Waals surface area contributed by atoms with Crippen molar-refractivity contribution in [2.24, 2.45) is 0 Å². The monoisotopic (exact) mass is 172 g/mol. The van der Waals surface area contributed by atoms with Crippen molar-refractivity contribution in [2.45, 2.75) is 19.9 Å². The van der Waals surface area contributed by atoms with Gasteiger partial charge in [-0.25, -0.2) is 4.98 Å². The van der Waals surface area contributed by atoms with Crippen molar-refractivity contribution < 1.29 is 4.84 Å². The first-order chi connectivity index (χ1) is 5.34. The first kappa shape index (κ1) is 8.64. The summed E-state index contributed by atoms with van der Waals surface area (Å²) in [6.45, 7) is 4.64. The predicted octanol–water partition coefficient (Wildman–Crippen LogP) is 1.75. The van der Waals surface area contributed by atoms with Gasteiger partial charge in [0.15, 0.2) is 0 Å². The molecule has 0 aromatic carbocycles. The fourth-order valence-corrected chi connectivity index (χ4v) is 1.34. The molecule has 1 N–H and O–H groups in total. The van der Waals surface area contributed by atoms with Crippen LogP contribution in [-0.4, -0.2) is 11.6 Å². The molecule has 0 aliphatic carbocycles. The largest absolute Gasteiger partial charge is 0.301 e. The zero-order chi connectivity index (χ0) is 8.10. The van der Waals surface area contributed by atoms with Crippen molar-refractivity contribution in [1.82, 2.24) is 10.5 Å². The van der Waals surface area contributed by atoms with E-state index in [1.54, 1.807) is 17.5 Å². The second-order valence-corrected chi connectivity index (χ2v) is 3.07. The van der Waals surface area contributed by atoms with Crippen LogP contribution in [0.2, 0.25) is 0 Å². The van der Waals surface area contributed by atoms with Crippen LogP contribution in [0.25, 0.3) is 0 Å². The Morgan fingerprint density at radius 2 is 2.64 bits per heavy atom. The van der Waals surface area contributed by atoms with E-state index < -0.39 is 0 Å². The minimum atomic E-state index is 0.190. The van der Waals surface area contributed by atoms with E-state index in [1.165, 1.54) is 0 Å². The summed E-state index contributed by atoms with van der Waals surface area (Å²) < 4.78 is 0. The molecule has 0 fully saturated rings. The molecular formula is C7H12N2OS. The SMILES string of the molecule is CCONC(C)c1nccs1. The van der Waals surface area contributed by atoms with Crippen molar-refractivity contribution in [1.29, 1.82) is 0 Å². The van der Waals surface area contributed by atoms with Crippen LogP contribution >= 0.6 is 11.3 Å². The van der Waals surface area contributed by atoms with Crippen LogP contribution in [0.5, 0.6) is 0 Å². The van der Waals surface area contributed by atoms with Crippen molar-refractivity contribution in [3.05, 3.63) is 16.6 Å². The van der Waals surface area contributed by atoms with Gasteiger partial charge in [-0.2, -0.15) is 5.48 Å². The number of hydroxylamine groups is 1. The number of hydrogen-bond acceptors (Lipinski definition) is 4. The number of nitrogens with one attached hydrogen (secondary N) is 1. The highest BCUT2D eigenvalue weighted by Crippen LogP contribution is 2.13. The van der Waals surface area contributed by atoms with Crippen molar-refractivity contribution in [3.63, 3.8) is 0 Å². The Morgan fingerprint density at radius 1 is 1.82 bits per heavy atom. The third-order valence-corrected chi connectivity index (χ3v) is 2.18. The molecule has 62 valence electrons. The maximum atomic E-state index is 5.04. The quantitative estimate of drug-likeness (QED) is 0.702. The van der Waals surface area contributed by atoms with Crippen LogP contribution < -0.4 is 5.48 Å². The van der Waals surface area contributed by atoms with Gasteiger partial charge < -0.3 is 4.84 Å². The van der Waals surface area contributed by atoms with Crippen LogP contribution in [0.3, 0.4) is 0 Å². The number of nitrogens with zero attached hydrogens (tertiary/aromatic N) is 1. The van der Waals surface area contributed by atoms with Crippen LogP contribution in [0, 0.1) is 0 Å². The van der Waals surface area contributed by atoms with E-state index in [9.17, 15) is 0 Å². The molecule has 1 rings (SSSR count). The van der Waals surface area contributed by atoms with Crippen LogP contribution in [0.4, 0.5) is 0 Å². The smallest absolute Gasteiger partial charge is 0.112 e. The van der Waals surface area contributed by atoms with E-state index in [0.717, 1.165) is 5.01 Å². The van der Waals surface area contributed by atoms with E-state index >= 15 is 0 Å². The first-order valence-corrected chi connectivity index (χ1v) is 4.49. The molecule has 0 saturated heterocycles. The minimum absolute atomic E-state index is 0.190. The van der Waals surface area contributed by atoms with Gasteiger partial charge in [0.05, 0.1) is 12.6 Å². The molecule has 0 aliphatic heterocycles. The van der Waals surface area contributed by atoms with Gasteiger partial charge in [0.25, 0.3) is 0 Å². The topological polar surface area (TPSA) is 34.1 Å². The van der Waals surface area contributed by atoms with E-state index in [4.69, 9.17) is 4.84 Å². The summed E-state index contributed by atoms with van der Waals surface area (Å²) in [5.41, 5.74) is 2.88. The number of hydrogen-bond donors (Lipinski definition) is 1. The third kappa shape index (κ3) is 2.57. The molecule has 1 aromatic heterocycles. The molecule has 4 heteroatoms. The molecule has 0 aliphatic rings. The Labute approximate surface area is 70.4 Å². The number of thiazole rings is 1. The molecule has 3 nitrogen and oxygen atoms in total. The molecule has 1 heterocycles. The zero-order valence-corrected chi connectivity index (χ0v) is 7.52. The lowest BCUT2D eigenvalue weighted by atomic mass is 10.4. The summed E-state index contributed by atoms with van der Waals surface area (Å²) in [5, 5.41) is 3.01. The molecule has 1 atom stereocenters. The second-order valence-electron chi connectivity index (χ2n) is 2.14. The zero-order valence-electron chi connectivity index (χ0n) is 6.70. The molecule has 1 aromatic rings. The lowest BCUT2D eigenvalue weighted by Crippen LogP contribution is -2.18. The maximum Gasteiger partial charge on any atom is 0.112 e. The summed E-state index contributed by atoms with van der Waals surface area (Å²) in [6.07, 6.45) is 1.80. The molecule has 1 unspecified atom stereocenters. The van der Waals surface area contributed by atoms with Crippen molar-refractivity contribution >= 4 is 11.3 Å². The average Bonchev–Trinajstić information content (AvgIpc) is 2.52. The summed E-state index contributed by atoms with van der Waals surface area (Å²) in [7, 11) is 0. The second kappa shape index (κ2) is 4.43. The number of aromatic nitrogens is 1. The van der Waals surface area contributed by atoms with Gasteiger partial charge >= 0.3 is 0 Å². The van der Waals surface area contributed by atoms with E-state index in [-0.39, 0.29) is 6.04 Å². The highest BCUT2D eigenvalue weighted by molar-refractivity contribution is 7.09. The van der Waals surface area contributed by atoms with Crippen LogP contribution in [0.1, 0.15) is 24.9 Å². The van der Waals surface area contributed by atoms with Gasteiger partial charge in [0.1, 0.15) is 5.01 Å². The molecule has 0 bridgehead atoms. The van der Waals surface area contributed by atoms with Gasteiger partial charge in [-0.3, -0.25) is 0 Å². The van der Waals surface area contributed by atoms with Crippen LogP contribution in [0.15, 0.2) is 11.6 Å². The fraction of sp³-hybridized carbons (Fsp3) is 0.571. The number of rotatable bonds is 4. The average molecular weight is 172 g/mol. The standard InChI is InChI=1S/C7H12N2OS/c1-3-10-9-6(2)7-8-4-5-11-7/h4-6,9H,3H2,1-2H3. The first-order valence-electron chi connectivity index (χ1n) is 3.61. The summed E-state index contributed by atoms with van der Waals surface area (Å²) in [4.78, 5) is 9.18. The molecule has 11 heavy (non-hydrogen) atoms. The van der Waals surface area contributed by atoms with Gasteiger partial charge in [0, 0.05) is 11.6 Å². The van der Waals surface area contributed by atoms with E-state index in [0.29, 0.717) is 6.61 Å². The van der Waals surface area contributed by atoms with Gasteiger partial charge in [-0.15, -0.1) is 11.3 Å². The Bertz CT molecular complexity index is 188. The third-order valence-electron chi connectivity index (χ3n) is 1.23. The van der Waals surface area contributed by atoms with Crippen LogP contribution in [-0.2, 0) is 4.84 Å². The molecule has 0 radical (unpaired) electrons. The highest BCUT2D eigenvalue weighted by atomic mass is 32.1. The Kier molecular flexibility index (Phi) is 3.48. The predicted molar refractivity (Wildman–Crippen MR) is 45.3 cm³/mol. The lowest BCUT2D eigenvalue weighted by molar-refractivity contribution is 0.0284. The Hall–Kier alpha value is -0.450. The lowest BCUT2D eigenvalue weighted by Gasteiger charge is -2.08. The summed E-state index contributed by atoms with van der Waals surface area (Å²) in [5.74, 6) is 0. The van der Waals surface area contributed by atoms with Gasteiger partial charge in [0.2, 0.25) is 0 Å². The van der Waals surface area contributed by atoms with Gasteiger partial charge in [-0.1, -0.05) is 0 Å². The van der Waals surface area contributed by atoms with Crippen molar-refractivity contribution in [3.8, 4) is 0 Å². The molecule has 0 amide bonds. The maximum absolute atomic E-state index is 5.04. The molecule has 0 spiro atoms. The fourth-order valence-electron chi connectivity index (χ4n) is 0.707. The van der Waals surface area contributed by atoms with E-state index in [2.05, 4.69) is 10.5 Å². The normalized spacial score (nSPS) is 13.3. The summed E-state index contributed by atoms with van der Waals surface area (Å²) >= 11 is 1.63.